The number of rotatable bonds is 2. The van der Waals surface area contributed by atoms with Crippen molar-refractivity contribution in [3.8, 4) is 16.9 Å². The normalized spacial score (nSPS) is 17.2. The average molecular weight is 407 g/mol. The number of hydrogen-bond donors (Lipinski definition) is 1. The third-order valence-electron chi connectivity index (χ3n) is 5.36. The van der Waals surface area contributed by atoms with Crippen LogP contribution in [-0.2, 0) is 6.42 Å². The molecule has 0 radical (unpaired) electrons. The molecule has 2 aromatic heterocycles. The lowest BCUT2D eigenvalue weighted by Crippen LogP contribution is -2.48. The van der Waals surface area contributed by atoms with Gasteiger partial charge in [-0.05, 0) is 50.1 Å². The highest BCUT2D eigenvalue weighted by Crippen LogP contribution is 2.42. The Balaban J connectivity index is 1.53. The van der Waals surface area contributed by atoms with Gasteiger partial charge in [-0.2, -0.15) is 0 Å². The van der Waals surface area contributed by atoms with Gasteiger partial charge in [0.1, 0.15) is 17.2 Å². The van der Waals surface area contributed by atoms with Crippen molar-refractivity contribution in [3.63, 3.8) is 0 Å². The predicted molar refractivity (Wildman–Crippen MR) is 114 cm³/mol. The van der Waals surface area contributed by atoms with Crippen LogP contribution in [0.2, 0.25) is 0 Å². The first-order valence-corrected chi connectivity index (χ1v) is 10.5. The molecule has 1 aromatic carbocycles. The molecule has 2 aliphatic rings. The molecule has 0 atom stereocenters. The molecule has 4 heterocycles. The Morgan fingerprint density at radius 2 is 2.14 bits per heavy atom. The van der Waals surface area contributed by atoms with Gasteiger partial charge in [-0.1, -0.05) is 17.4 Å². The lowest BCUT2D eigenvalue weighted by molar-refractivity contribution is 0.0901. The zero-order chi connectivity index (χ0) is 20.2. The Bertz CT molecular complexity index is 1120. The highest BCUT2D eigenvalue weighted by Gasteiger charge is 2.34. The first-order chi connectivity index (χ1) is 13.9. The Morgan fingerprint density at radius 1 is 1.28 bits per heavy atom. The number of aryl methyl sites for hydroxylation is 1. The first-order valence-electron chi connectivity index (χ1n) is 9.69. The fourth-order valence-electron chi connectivity index (χ4n) is 3.93. The van der Waals surface area contributed by atoms with Crippen LogP contribution in [0.3, 0.4) is 0 Å². The lowest BCUT2D eigenvalue weighted by atomic mass is 9.94. The highest BCUT2D eigenvalue weighted by molar-refractivity contribution is 7.17. The number of ether oxygens (including phenoxy) is 1. The number of amides is 1. The summed E-state index contributed by atoms with van der Waals surface area (Å²) in [6, 6.07) is 8.23. The van der Waals surface area contributed by atoms with Crippen molar-refractivity contribution < 1.29 is 9.53 Å². The number of thiazole rings is 1. The van der Waals surface area contributed by atoms with Gasteiger partial charge < -0.3 is 15.0 Å². The predicted octanol–water partition coefficient (Wildman–Crippen LogP) is 4.11. The van der Waals surface area contributed by atoms with Gasteiger partial charge in [0.15, 0.2) is 5.13 Å². The summed E-state index contributed by atoms with van der Waals surface area (Å²) in [7, 11) is 0. The van der Waals surface area contributed by atoms with Gasteiger partial charge >= 0.3 is 0 Å². The number of pyridine rings is 1. The fraction of sp³-hybridized carbons (Fsp3) is 0.318. The van der Waals surface area contributed by atoms with E-state index in [4.69, 9.17) is 9.72 Å². The SMILES string of the molecule is Cc1ccncc1-c1ccc2c(c1)OCCN2c1nc2c(s1)C(=O)NC(C)(C)C2. The topological polar surface area (TPSA) is 67.3 Å². The van der Waals surface area contributed by atoms with Crippen molar-refractivity contribution in [2.24, 2.45) is 0 Å². The maximum Gasteiger partial charge on any atom is 0.263 e. The number of nitrogens with one attached hydrogen (secondary N) is 1. The Morgan fingerprint density at radius 3 is 2.97 bits per heavy atom. The van der Waals surface area contributed by atoms with Gasteiger partial charge in [0, 0.05) is 29.9 Å². The van der Waals surface area contributed by atoms with E-state index < -0.39 is 0 Å². The van der Waals surface area contributed by atoms with Crippen molar-refractivity contribution in [1.82, 2.24) is 15.3 Å². The van der Waals surface area contributed by atoms with E-state index in [-0.39, 0.29) is 11.4 Å². The first kappa shape index (κ1) is 18.1. The summed E-state index contributed by atoms with van der Waals surface area (Å²) in [4.78, 5) is 24.4. The third-order valence-corrected chi connectivity index (χ3v) is 6.48. The quantitative estimate of drug-likeness (QED) is 0.694. The molecule has 0 unspecified atom stereocenters. The molecule has 29 heavy (non-hydrogen) atoms. The number of aromatic nitrogens is 2. The van der Waals surface area contributed by atoms with E-state index in [0.717, 1.165) is 44.7 Å². The minimum atomic E-state index is -0.269. The van der Waals surface area contributed by atoms with Gasteiger partial charge in [-0.3, -0.25) is 9.78 Å². The summed E-state index contributed by atoms with van der Waals surface area (Å²) in [5.74, 6) is 0.797. The molecule has 7 heteroatoms. The number of carbonyl (C=O) groups excluding carboxylic acids is 1. The summed E-state index contributed by atoms with van der Waals surface area (Å²) in [5, 5.41) is 3.91. The molecule has 3 aromatic rings. The number of fused-ring (bicyclic) bond motifs is 2. The summed E-state index contributed by atoms with van der Waals surface area (Å²) in [5.41, 5.74) is 4.94. The minimum absolute atomic E-state index is 0.0316. The van der Waals surface area contributed by atoms with E-state index in [9.17, 15) is 4.79 Å². The molecule has 0 saturated carbocycles. The number of hydrogen-bond acceptors (Lipinski definition) is 6. The number of anilines is 2. The molecule has 0 saturated heterocycles. The van der Waals surface area contributed by atoms with Gasteiger partial charge in [-0.15, -0.1) is 0 Å². The van der Waals surface area contributed by atoms with E-state index in [0.29, 0.717) is 13.2 Å². The van der Waals surface area contributed by atoms with E-state index in [1.54, 1.807) is 6.20 Å². The van der Waals surface area contributed by atoms with Crippen molar-refractivity contribution in [2.75, 3.05) is 18.1 Å². The molecule has 0 bridgehead atoms. The molecule has 1 N–H and O–H groups in total. The zero-order valence-electron chi connectivity index (χ0n) is 16.7. The van der Waals surface area contributed by atoms with E-state index >= 15 is 0 Å². The smallest absolute Gasteiger partial charge is 0.263 e. The summed E-state index contributed by atoms with van der Waals surface area (Å²) in [6.45, 7) is 7.41. The summed E-state index contributed by atoms with van der Waals surface area (Å²) < 4.78 is 5.97. The zero-order valence-corrected chi connectivity index (χ0v) is 17.5. The third kappa shape index (κ3) is 3.15. The van der Waals surface area contributed by atoms with Crippen LogP contribution in [0, 0.1) is 6.92 Å². The van der Waals surface area contributed by atoms with Crippen LogP contribution in [0.1, 0.15) is 34.8 Å². The van der Waals surface area contributed by atoms with Crippen molar-refractivity contribution in [2.45, 2.75) is 32.7 Å². The van der Waals surface area contributed by atoms with Crippen LogP contribution in [0.4, 0.5) is 10.8 Å². The Labute approximate surface area is 173 Å². The molecule has 0 fully saturated rings. The van der Waals surface area contributed by atoms with E-state index in [1.807, 2.05) is 26.1 Å². The van der Waals surface area contributed by atoms with Gasteiger partial charge in [0.25, 0.3) is 5.91 Å². The molecule has 6 nitrogen and oxygen atoms in total. The van der Waals surface area contributed by atoms with Crippen LogP contribution in [0.15, 0.2) is 36.7 Å². The second-order valence-electron chi connectivity index (χ2n) is 8.16. The molecule has 0 aliphatic carbocycles. The van der Waals surface area contributed by atoms with Crippen LogP contribution in [0.5, 0.6) is 5.75 Å². The van der Waals surface area contributed by atoms with Crippen LogP contribution in [0.25, 0.3) is 11.1 Å². The fourth-order valence-corrected chi connectivity index (χ4v) is 4.95. The molecular formula is C22H22N4O2S. The Hall–Kier alpha value is -2.93. The summed E-state index contributed by atoms with van der Waals surface area (Å²) >= 11 is 1.45. The molecular weight excluding hydrogens is 384 g/mol. The largest absolute Gasteiger partial charge is 0.490 e. The Kier molecular flexibility index (Phi) is 4.10. The molecule has 2 aliphatic heterocycles. The van der Waals surface area contributed by atoms with Crippen molar-refractivity contribution in [1.29, 1.82) is 0 Å². The highest BCUT2D eigenvalue weighted by atomic mass is 32.1. The minimum Gasteiger partial charge on any atom is -0.490 e. The number of nitrogens with zero attached hydrogens (tertiary/aromatic N) is 3. The van der Waals surface area contributed by atoms with Gasteiger partial charge in [0.05, 0.1) is 17.9 Å². The van der Waals surface area contributed by atoms with Crippen LogP contribution in [-0.4, -0.2) is 34.6 Å². The second-order valence-corrected chi connectivity index (χ2v) is 9.14. The number of benzene rings is 1. The van der Waals surface area contributed by atoms with Gasteiger partial charge in [0.2, 0.25) is 0 Å². The van der Waals surface area contributed by atoms with Crippen molar-refractivity contribution in [3.05, 3.63) is 52.8 Å². The molecule has 148 valence electrons. The van der Waals surface area contributed by atoms with Gasteiger partial charge in [-0.25, -0.2) is 4.98 Å². The van der Waals surface area contributed by atoms with Crippen LogP contribution < -0.4 is 15.0 Å². The lowest BCUT2D eigenvalue weighted by Gasteiger charge is -2.29. The molecule has 5 rings (SSSR count). The monoisotopic (exact) mass is 406 g/mol. The van der Waals surface area contributed by atoms with E-state index in [2.05, 4.69) is 40.3 Å². The molecule has 1 amide bonds. The van der Waals surface area contributed by atoms with E-state index in [1.165, 1.54) is 16.9 Å². The maximum absolute atomic E-state index is 12.5. The maximum atomic E-state index is 12.5. The van der Waals surface area contributed by atoms with Crippen LogP contribution >= 0.6 is 11.3 Å². The van der Waals surface area contributed by atoms with Crippen molar-refractivity contribution >= 4 is 28.1 Å². The summed E-state index contributed by atoms with van der Waals surface area (Å²) in [6.07, 6.45) is 4.42. The number of carbonyl (C=O) groups is 1. The molecule has 0 spiro atoms. The second kappa shape index (κ2) is 6.56. The average Bonchev–Trinajstić information content (AvgIpc) is 3.10. The standard InChI is InChI=1S/C22H22N4O2S/c1-13-6-7-23-12-15(13)14-4-5-17-18(10-14)28-9-8-26(17)21-24-16-11-22(2,3)25-20(27)19(16)29-21/h4-7,10,12H,8-9,11H2,1-3H3,(H,25,27).